The molecular weight excluding hydrogens is 192 g/mol. The van der Waals surface area contributed by atoms with E-state index in [9.17, 15) is 4.79 Å². The molecule has 0 spiro atoms. The number of carbonyl (C=O) groups excluding carboxylic acids is 1. The fourth-order valence-electron chi connectivity index (χ4n) is 1.94. The molecule has 0 bridgehead atoms. The first-order valence-corrected chi connectivity index (χ1v) is 4.98. The fraction of sp³-hybridized carbons (Fsp3) is 0.364. The molecule has 0 amide bonds. The second-order valence-electron chi connectivity index (χ2n) is 3.59. The van der Waals surface area contributed by atoms with Gasteiger partial charge in [0.15, 0.2) is 5.78 Å². The maximum atomic E-state index is 11.5. The minimum atomic E-state index is 0.0217. The highest BCUT2D eigenvalue weighted by atomic mass is 16.3. The van der Waals surface area contributed by atoms with Crippen LogP contribution in [-0.4, -0.2) is 35.1 Å². The summed E-state index contributed by atoms with van der Waals surface area (Å²) < 4.78 is 0. The van der Waals surface area contributed by atoms with Gasteiger partial charge in [-0.2, -0.15) is 0 Å². The lowest BCUT2D eigenvalue weighted by molar-refractivity contribution is -0.115. The molecular formula is C11H14N2O2. The maximum absolute atomic E-state index is 11.5. The van der Waals surface area contributed by atoms with E-state index >= 15 is 0 Å². The molecule has 1 heterocycles. The van der Waals surface area contributed by atoms with Gasteiger partial charge in [-0.15, -0.1) is 0 Å². The highest BCUT2D eigenvalue weighted by Gasteiger charge is 2.30. The number of hydrogen-bond acceptors (Lipinski definition) is 4. The lowest BCUT2D eigenvalue weighted by Gasteiger charge is -2.20. The Morgan fingerprint density at radius 1 is 1.60 bits per heavy atom. The van der Waals surface area contributed by atoms with E-state index in [-0.39, 0.29) is 18.4 Å². The van der Waals surface area contributed by atoms with Crippen molar-refractivity contribution < 1.29 is 9.90 Å². The summed E-state index contributed by atoms with van der Waals surface area (Å²) in [6.45, 7) is 2.00. The van der Waals surface area contributed by atoms with Gasteiger partial charge in [-0.1, -0.05) is 24.3 Å². The highest BCUT2D eigenvalue weighted by Crippen LogP contribution is 2.25. The van der Waals surface area contributed by atoms with Crippen molar-refractivity contribution in [3.63, 3.8) is 0 Å². The molecule has 0 aromatic heterocycles. The standard InChI is InChI=1S/C11H14N2O2/c1-8(15)11-9-4-2-3-5-10(9)12-13(11)6-7-14/h2-5,10,12,14H,6-7H2,1H3. The number of hydrogen-bond donors (Lipinski definition) is 2. The first-order chi connectivity index (χ1) is 7.24. The maximum Gasteiger partial charge on any atom is 0.177 e. The lowest BCUT2D eigenvalue weighted by atomic mass is 10.0. The van der Waals surface area contributed by atoms with Crippen LogP contribution < -0.4 is 5.43 Å². The average molecular weight is 206 g/mol. The summed E-state index contributed by atoms with van der Waals surface area (Å²) in [7, 11) is 0. The molecule has 80 valence electrons. The molecule has 15 heavy (non-hydrogen) atoms. The van der Waals surface area contributed by atoms with Crippen molar-refractivity contribution in [1.29, 1.82) is 0 Å². The number of aliphatic hydroxyl groups excluding tert-OH is 1. The van der Waals surface area contributed by atoms with Crippen LogP contribution in [0.2, 0.25) is 0 Å². The molecule has 0 fully saturated rings. The van der Waals surface area contributed by atoms with E-state index in [0.29, 0.717) is 12.2 Å². The Bertz CT molecular complexity index is 369. The predicted molar refractivity (Wildman–Crippen MR) is 56.7 cm³/mol. The smallest absolute Gasteiger partial charge is 0.177 e. The number of hydrazine groups is 1. The van der Waals surface area contributed by atoms with Gasteiger partial charge < -0.3 is 10.1 Å². The van der Waals surface area contributed by atoms with E-state index in [4.69, 9.17) is 5.11 Å². The topological polar surface area (TPSA) is 52.6 Å². The second kappa shape index (κ2) is 4.00. The third-order valence-electron chi connectivity index (χ3n) is 2.52. The molecule has 1 atom stereocenters. The fourth-order valence-corrected chi connectivity index (χ4v) is 1.94. The van der Waals surface area contributed by atoms with Gasteiger partial charge in [0.05, 0.1) is 19.2 Å². The van der Waals surface area contributed by atoms with Crippen molar-refractivity contribution in [1.82, 2.24) is 10.4 Å². The normalized spacial score (nSPS) is 23.6. The summed E-state index contributed by atoms with van der Waals surface area (Å²) in [5, 5.41) is 10.6. The van der Waals surface area contributed by atoms with E-state index < -0.39 is 0 Å². The van der Waals surface area contributed by atoms with Crippen LogP contribution in [-0.2, 0) is 4.79 Å². The minimum absolute atomic E-state index is 0.0217. The number of aliphatic hydroxyl groups is 1. The van der Waals surface area contributed by atoms with Crippen LogP contribution in [0.15, 0.2) is 35.6 Å². The molecule has 0 aromatic rings. The molecule has 4 nitrogen and oxygen atoms in total. The van der Waals surface area contributed by atoms with Crippen LogP contribution in [0, 0.1) is 0 Å². The monoisotopic (exact) mass is 206 g/mol. The summed E-state index contributed by atoms with van der Waals surface area (Å²) in [4.78, 5) is 11.5. The Morgan fingerprint density at radius 3 is 3.07 bits per heavy atom. The van der Waals surface area contributed by atoms with Crippen molar-refractivity contribution in [2.24, 2.45) is 0 Å². The third kappa shape index (κ3) is 1.73. The van der Waals surface area contributed by atoms with E-state index in [1.807, 2.05) is 24.3 Å². The Balaban J connectivity index is 2.34. The molecule has 2 N–H and O–H groups in total. The average Bonchev–Trinajstić information content (AvgIpc) is 2.56. The summed E-state index contributed by atoms with van der Waals surface area (Å²) in [6, 6.07) is 0.0699. The molecule has 0 saturated heterocycles. The van der Waals surface area contributed by atoms with Gasteiger partial charge in [0.2, 0.25) is 0 Å². The molecule has 4 heteroatoms. The van der Waals surface area contributed by atoms with Crippen LogP contribution in [0.25, 0.3) is 0 Å². The number of allylic oxidation sites excluding steroid dienone is 3. The second-order valence-corrected chi connectivity index (χ2v) is 3.59. The number of nitrogens with one attached hydrogen (secondary N) is 1. The van der Waals surface area contributed by atoms with Crippen molar-refractivity contribution in [2.75, 3.05) is 13.2 Å². The van der Waals surface area contributed by atoms with Crippen LogP contribution >= 0.6 is 0 Å². The predicted octanol–water partition coefficient (Wildman–Crippen LogP) is 0.137. The number of nitrogens with zero attached hydrogens (tertiary/aromatic N) is 1. The third-order valence-corrected chi connectivity index (χ3v) is 2.52. The van der Waals surface area contributed by atoms with Crippen molar-refractivity contribution in [2.45, 2.75) is 13.0 Å². The first-order valence-electron chi connectivity index (χ1n) is 4.98. The quantitative estimate of drug-likeness (QED) is 0.689. The number of fused-ring (bicyclic) bond motifs is 1. The van der Waals surface area contributed by atoms with Crippen molar-refractivity contribution in [3.8, 4) is 0 Å². The molecule has 0 aromatic carbocycles. The zero-order valence-electron chi connectivity index (χ0n) is 8.60. The zero-order chi connectivity index (χ0) is 10.8. The van der Waals surface area contributed by atoms with Crippen molar-refractivity contribution >= 4 is 5.78 Å². The summed E-state index contributed by atoms with van der Waals surface area (Å²) >= 11 is 0. The molecule has 1 aliphatic carbocycles. The SMILES string of the molecule is CC(=O)C1=C2C=CC=CC2NN1CCO. The molecule has 2 rings (SSSR count). The van der Waals surface area contributed by atoms with E-state index in [2.05, 4.69) is 5.43 Å². The zero-order valence-corrected chi connectivity index (χ0v) is 8.60. The summed E-state index contributed by atoms with van der Waals surface area (Å²) in [6.07, 6.45) is 7.79. The van der Waals surface area contributed by atoms with Crippen LogP contribution in [0.5, 0.6) is 0 Å². The Morgan fingerprint density at radius 2 is 2.40 bits per heavy atom. The molecule has 1 aliphatic heterocycles. The highest BCUT2D eigenvalue weighted by molar-refractivity contribution is 5.94. The molecule has 2 aliphatic rings. The number of Topliss-reactive ketones (excluding diaryl/α,β-unsaturated/α-hetero) is 1. The lowest BCUT2D eigenvalue weighted by Crippen LogP contribution is -2.39. The van der Waals surface area contributed by atoms with Gasteiger partial charge in [0, 0.05) is 12.5 Å². The van der Waals surface area contributed by atoms with Gasteiger partial charge in [-0.3, -0.25) is 4.79 Å². The van der Waals surface area contributed by atoms with Gasteiger partial charge in [-0.25, -0.2) is 5.43 Å². The van der Waals surface area contributed by atoms with E-state index in [1.54, 1.807) is 11.9 Å². The minimum Gasteiger partial charge on any atom is -0.394 e. The number of ketones is 1. The van der Waals surface area contributed by atoms with Gasteiger partial charge in [0.1, 0.15) is 5.70 Å². The Kier molecular flexibility index (Phi) is 2.70. The van der Waals surface area contributed by atoms with Gasteiger partial charge in [0.25, 0.3) is 0 Å². The Hall–Kier alpha value is -1.39. The van der Waals surface area contributed by atoms with Crippen LogP contribution in [0.1, 0.15) is 6.92 Å². The van der Waals surface area contributed by atoms with Crippen molar-refractivity contribution in [3.05, 3.63) is 35.6 Å². The van der Waals surface area contributed by atoms with E-state index in [1.165, 1.54) is 0 Å². The molecule has 0 radical (unpaired) electrons. The van der Waals surface area contributed by atoms with Gasteiger partial charge >= 0.3 is 0 Å². The Labute approximate surface area is 88.5 Å². The van der Waals surface area contributed by atoms with E-state index in [0.717, 1.165) is 5.57 Å². The number of carbonyl (C=O) groups is 1. The first kappa shape index (κ1) is 10.1. The molecule has 1 unspecified atom stereocenters. The van der Waals surface area contributed by atoms with Crippen LogP contribution in [0.3, 0.4) is 0 Å². The molecule has 0 saturated carbocycles. The summed E-state index contributed by atoms with van der Waals surface area (Å²) in [5.41, 5.74) is 4.81. The summed E-state index contributed by atoms with van der Waals surface area (Å²) in [5.74, 6) is 0.0217. The van der Waals surface area contributed by atoms with Gasteiger partial charge in [-0.05, 0) is 0 Å². The van der Waals surface area contributed by atoms with Crippen LogP contribution in [0.4, 0.5) is 0 Å². The number of rotatable bonds is 3. The largest absolute Gasteiger partial charge is 0.394 e. The number of β-amino-alcohol motifs (C(OH)–C–C–N with tert-alkyl or cyclic N) is 1.